The van der Waals surface area contributed by atoms with Gasteiger partial charge < -0.3 is 10.2 Å². The number of aliphatic hydroxyl groups excluding tert-OH is 2. The van der Waals surface area contributed by atoms with Gasteiger partial charge in [0.2, 0.25) is 0 Å². The van der Waals surface area contributed by atoms with Crippen LogP contribution < -0.4 is 0 Å². The highest BCUT2D eigenvalue weighted by atomic mass is 16.3. The van der Waals surface area contributed by atoms with E-state index in [1.807, 2.05) is 6.08 Å². The quantitative estimate of drug-likeness (QED) is 0.698. The minimum atomic E-state index is -0.0519. The summed E-state index contributed by atoms with van der Waals surface area (Å²) in [7, 11) is 0. The molecule has 4 aliphatic carbocycles. The molecule has 5 atom stereocenters. The molecule has 0 saturated heterocycles. The molecule has 0 bridgehead atoms. The van der Waals surface area contributed by atoms with E-state index < -0.39 is 0 Å². The third-order valence-corrected chi connectivity index (χ3v) is 5.93. The lowest BCUT2D eigenvalue weighted by Gasteiger charge is -2.48. The van der Waals surface area contributed by atoms with Crippen LogP contribution in [0.1, 0.15) is 38.5 Å². The fourth-order valence-corrected chi connectivity index (χ4v) is 5.09. The molecule has 2 saturated carbocycles. The van der Waals surface area contributed by atoms with E-state index in [4.69, 9.17) is 0 Å². The summed E-state index contributed by atoms with van der Waals surface area (Å²) >= 11 is 0. The van der Waals surface area contributed by atoms with Gasteiger partial charge in [-0.2, -0.15) is 0 Å². The van der Waals surface area contributed by atoms with Gasteiger partial charge in [-0.3, -0.25) is 0 Å². The number of rotatable bonds is 0. The highest BCUT2D eigenvalue weighted by Crippen LogP contribution is 2.54. The Balaban J connectivity index is 1.62. The average Bonchev–Trinajstić information content (AvgIpc) is 2.80. The molecule has 0 aliphatic heterocycles. The van der Waals surface area contributed by atoms with Gasteiger partial charge in [0.05, 0.1) is 6.10 Å². The van der Waals surface area contributed by atoms with Crippen molar-refractivity contribution < 1.29 is 10.2 Å². The van der Waals surface area contributed by atoms with E-state index in [2.05, 4.69) is 12.2 Å². The minimum Gasteiger partial charge on any atom is -0.507 e. The Kier molecular flexibility index (Phi) is 2.63. The predicted molar refractivity (Wildman–Crippen MR) is 74.5 cm³/mol. The highest BCUT2D eigenvalue weighted by molar-refractivity contribution is 5.54. The Hall–Kier alpha value is -1.02. The molecule has 0 spiro atoms. The van der Waals surface area contributed by atoms with E-state index in [-0.39, 0.29) is 6.10 Å². The van der Waals surface area contributed by atoms with Gasteiger partial charge in [-0.25, -0.2) is 0 Å². The lowest BCUT2D eigenvalue weighted by molar-refractivity contribution is 0.00476. The monoisotopic (exact) mass is 258 g/mol. The van der Waals surface area contributed by atoms with Gasteiger partial charge in [0, 0.05) is 5.57 Å². The molecule has 2 nitrogen and oxygen atoms in total. The second kappa shape index (κ2) is 4.24. The molecule has 0 aromatic carbocycles. The van der Waals surface area contributed by atoms with Crippen molar-refractivity contribution in [1.82, 2.24) is 0 Å². The molecule has 4 rings (SSSR count). The second-order valence-corrected chi connectivity index (χ2v) is 6.77. The van der Waals surface area contributed by atoms with Crippen molar-refractivity contribution in [3.05, 3.63) is 35.1 Å². The highest BCUT2D eigenvalue weighted by Gasteiger charge is 2.45. The Labute approximate surface area is 114 Å². The molecule has 4 aliphatic rings. The Morgan fingerprint density at radius 2 is 1.89 bits per heavy atom. The van der Waals surface area contributed by atoms with Crippen LogP contribution >= 0.6 is 0 Å². The van der Waals surface area contributed by atoms with Crippen LogP contribution in [0.15, 0.2) is 35.1 Å². The lowest BCUT2D eigenvalue weighted by atomic mass is 9.57. The normalized spacial score (nSPS) is 44.5. The van der Waals surface area contributed by atoms with Gasteiger partial charge in [0.15, 0.2) is 0 Å². The van der Waals surface area contributed by atoms with E-state index in [0.29, 0.717) is 11.7 Å². The van der Waals surface area contributed by atoms with Crippen molar-refractivity contribution in [2.24, 2.45) is 23.7 Å². The van der Waals surface area contributed by atoms with Crippen LogP contribution in [0.25, 0.3) is 0 Å². The van der Waals surface area contributed by atoms with Crippen LogP contribution in [0.5, 0.6) is 0 Å². The lowest BCUT2D eigenvalue weighted by Crippen LogP contribution is -2.41. The minimum absolute atomic E-state index is 0.0519. The molecule has 5 unspecified atom stereocenters. The number of aliphatic hydroxyl groups is 2. The molecule has 102 valence electrons. The summed E-state index contributed by atoms with van der Waals surface area (Å²) in [6.45, 7) is 0. The third-order valence-electron chi connectivity index (χ3n) is 5.93. The summed E-state index contributed by atoms with van der Waals surface area (Å²) in [5, 5.41) is 19.8. The van der Waals surface area contributed by atoms with Gasteiger partial charge in [-0.05, 0) is 73.8 Å². The third kappa shape index (κ3) is 1.73. The van der Waals surface area contributed by atoms with E-state index in [9.17, 15) is 10.2 Å². The standard InChI is InChI=1S/C17H22O2/c18-11-2-4-12-10(9-11)1-3-14-13(12)5-6-16-15(14)7-8-17(16)19/h6-8,10-14,18-19H,1-5,9H2. The van der Waals surface area contributed by atoms with E-state index in [1.165, 1.54) is 24.8 Å². The SMILES string of the molecule is OC1=CC=C2C1=CCC1C2CCC2CC(O)CCC21. The van der Waals surface area contributed by atoms with Crippen molar-refractivity contribution in [2.75, 3.05) is 0 Å². The maximum absolute atomic E-state index is 9.89. The molecule has 19 heavy (non-hydrogen) atoms. The zero-order valence-electron chi connectivity index (χ0n) is 11.3. The fraction of sp³-hybridized carbons (Fsp3) is 0.647. The van der Waals surface area contributed by atoms with Crippen molar-refractivity contribution in [2.45, 2.75) is 44.6 Å². The molecule has 2 N–H and O–H groups in total. The summed E-state index contributed by atoms with van der Waals surface area (Å²) in [5.74, 6) is 3.40. The molecule has 0 amide bonds. The maximum atomic E-state index is 9.89. The van der Waals surface area contributed by atoms with Crippen LogP contribution in [0, 0.1) is 23.7 Å². The van der Waals surface area contributed by atoms with Gasteiger partial charge in [-0.1, -0.05) is 12.2 Å². The Morgan fingerprint density at radius 1 is 1.00 bits per heavy atom. The first-order valence-corrected chi connectivity index (χ1v) is 7.74. The molecule has 0 heterocycles. The fourth-order valence-electron chi connectivity index (χ4n) is 5.09. The largest absolute Gasteiger partial charge is 0.507 e. The topological polar surface area (TPSA) is 40.5 Å². The smallest absolute Gasteiger partial charge is 0.122 e. The van der Waals surface area contributed by atoms with Crippen LogP contribution in [-0.4, -0.2) is 16.3 Å². The average molecular weight is 258 g/mol. The van der Waals surface area contributed by atoms with Crippen molar-refractivity contribution in [3.63, 3.8) is 0 Å². The van der Waals surface area contributed by atoms with E-state index in [1.54, 1.807) is 0 Å². The molecule has 2 fully saturated rings. The summed E-state index contributed by atoms with van der Waals surface area (Å²) < 4.78 is 0. The van der Waals surface area contributed by atoms with Crippen LogP contribution in [0.2, 0.25) is 0 Å². The van der Waals surface area contributed by atoms with Crippen molar-refractivity contribution >= 4 is 0 Å². The molecule has 0 radical (unpaired) electrons. The van der Waals surface area contributed by atoms with Crippen molar-refractivity contribution in [3.8, 4) is 0 Å². The van der Waals surface area contributed by atoms with E-state index >= 15 is 0 Å². The van der Waals surface area contributed by atoms with Crippen molar-refractivity contribution in [1.29, 1.82) is 0 Å². The van der Waals surface area contributed by atoms with Gasteiger partial charge in [0.25, 0.3) is 0 Å². The van der Waals surface area contributed by atoms with Gasteiger partial charge >= 0.3 is 0 Å². The molecule has 2 heteroatoms. The molecular formula is C17H22O2. The maximum Gasteiger partial charge on any atom is 0.122 e. The van der Waals surface area contributed by atoms with Gasteiger partial charge in [-0.15, -0.1) is 0 Å². The molecule has 0 aromatic rings. The zero-order valence-corrected chi connectivity index (χ0v) is 11.3. The Morgan fingerprint density at radius 3 is 2.79 bits per heavy atom. The first kappa shape index (κ1) is 11.8. The first-order valence-electron chi connectivity index (χ1n) is 7.74. The summed E-state index contributed by atoms with van der Waals surface area (Å²) in [6, 6.07) is 0. The number of allylic oxidation sites excluding steroid dienone is 4. The number of hydrogen-bond acceptors (Lipinski definition) is 2. The summed E-state index contributed by atoms with van der Waals surface area (Å²) in [6.07, 6.45) is 13.0. The number of hydrogen-bond donors (Lipinski definition) is 2. The second-order valence-electron chi connectivity index (χ2n) is 6.77. The number of fused-ring (bicyclic) bond motifs is 5. The Bertz CT molecular complexity index is 485. The first-order chi connectivity index (χ1) is 9.24. The van der Waals surface area contributed by atoms with Crippen LogP contribution in [0.4, 0.5) is 0 Å². The van der Waals surface area contributed by atoms with Crippen LogP contribution in [-0.2, 0) is 0 Å². The van der Waals surface area contributed by atoms with Gasteiger partial charge in [0.1, 0.15) is 5.76 Å². The zero-order chi connectivity index (χ0) is 13.0. The van der Waals surface area contributed by atoms with Crippen LogP contribution in [0.3, 0.4) is 0 Å². The summed E-state index contributed by atoms with van der Waals surface area (Å²) in [5.41, 5.74) is 2.49. The molecule has 0 aromatic heterocycles. The summed E-state index contributed by atoms with van der Waals surface area (Å²) in [4.78, 5) is 0. The predicted octanol–water partition coefficient (Wildman–Crippen LogP) is 3.50. The van der Waals surface area contributed by atoms with E-state index in [0.717, 1.165) is 42.6 Å². The molecular weight excluding hydrogens is 236 g/mol.